The average molecular weight is 221 g/mol. The van der Waals surface area contributed by atoms with Crippen LogP contribution in [0.4, 0.5) is 0 Å². The van der Waals surface area contributed by atoms with E-state index in [4.69, 9.17) is 4.42 Å². The van der Waals surface area contributed by atoms with Gasteiger partial charge in [-0.1, -0.05) is 13.8 Å². The maximum absolute atomic E-state index is 12.0. The van der Waals surface area contributed by atoms with E-state index in [1.807, 2.05) is 6.92 Å². The van der Waals surface area contributed by atoms with Gasteiger partial charge in [0.2, 0.25) is 0 Å². The molecule has 16 heavy (non-hydrogen) atoms. The van der Waals surface area contributed by atoms with E-state index >= 15 is 0 Å². The Morgan fingerprint density at radius 1 is 1.56 bits per heavy atom. The van der Waals surface area contributed by atoms with Crippen molar-refractivity contribution in [3.8, 4) is 0 Å². The van der Waals surface area contributed by atoms with E-state index in [9.17, 15) is 4.79 Å². The van der Waals surface area contributed by atoms with Gasteiger partial charge in [0.15, 0.2) is 0 Å². The second-order valence-corrected chi connectivity index (χ2v) is 4.70. The predicted molar refractivity (Wildman–Crippen MR) is 62.4 cm³/mol. The third-order valence-corrected chi connectivity index (χ3v) is 3.34. The third kappa shape index (κ3) is 2.29. The van der Waals surface area contributed by atoms with Gasteiger partial charge >= 0.3 is 0 Å². The largest absolute Gasteiger partial charge is 0.469 e. The molecule has 1 N–H and O–H groups in total. The fourth-order valence-electron chi connectivity index (χ4n) is 2.42. The normalized spacial score (nSPS) is 24.6. The molecule has 0 saturated heterocycles. The monoisotopic (exact) mass is 221 g/mol. The van der Waals surface area contributed by atoms with Crippen molar-refractivity contribution in [1.82, 2.24) is 5.32 Å². The summed E-state index contributed by atoms with van der Waals surface area (Å²) in [4.78, 5) is 12.0. The van der Waals surface area contributed by atoms with E-state index < -0.39 is 0 Å². The molecule has 1 fully saturated rings. The number of carbonyl (C=O) groups excluding carboxylic acids is 1. The number of furan rings is 1. The van der Waals surface area contributed by atoms with Crippen molar-refractivity contribution in [2.45, 2.75) is 45.6 Å². The lowest BCUT2D eigenvalue weighted by Crippen LogP contribution is -2.33. The molecule has 1 heterocycles. The van der Waals surface area contributed by atoms with Crippen molar-refractivity contribution in [2.75, 3.05) is 0 Å². The minimum Gasteiger partial charge on any atom is -0.469 e. The minimum absolute atomic E-state index is 0.0182. The quantitative estimate of drug-likeness (QED) is 0.852. The second kappa shape index (κ2) is 4.73. The van der Waals surface area contributed by atoms with Gasteiger partial charge in [0, 0.05) is 12.5 Å². The summed E-state index contributed by atoms with van der Waals surface area (Å²) in [6.45, 7) is 4.23. The molecule has 2 unspecified atom stereocenters. The Morgan fingerprint density at radius 3 is 3.00 bits per heavy atom. The topological polar surface area (TPSA) is 42.2 Å². The first-order chi connectivity index (χ1) is 7.70. The number of hydrogen-bond donors (Lipinski definition) is 1. The maximum atomic E-state index is 12.0. The molecule has 1 aromatic rings. The fraction of sp³-hybridized carbons (Fsp3) is 0.615. The second-order valence-electron chi connectivity index (χ2n) is 4.70. The Hall–Kier alpha value is -1.25. The summed E-state index contributed by atoms with van der Waals surface area (Å²) < 4.78 is 5.26. The molecule has 1 saturated carbocycles. The van der Waals surface area contributed by atoms with Crippen molar-refractivity contribution in [3.63, 3.8) is 0 Å². The van der Waals surface area contributed by atoms with Crippen LogP contribution in [0.2, 0.25) is 0 Å². The molecule has 2 atom stereocenters. The zero-order valence-corrected chi connectivity index (χ0v) is 9.95. The van der Waals surface area contributed by atoms with Crippen molar-refractivity contribution >= 4 is 5.91 Å². The van der Waals surface area contributed by atoms with Crippen LogP contribution in [0.3, 0.4) is 0 Å². The Balaban J connectivity index is 1.98. The lowest BCUT2D eigenvalue weighted by atomic mass is 10.1. The first-order valence-electron chi connectivity index (χ1n) is 6.08. The van der Waals surface area contributed by atoms with E-state index in [0.29, 0.717) is 11.6 Å². The minimum atomic E-state index is 0.0182. The van der Waals surface area contributed by atoms with Gasteiger partial charge in [-0.3, -0.25) is 4.79 Å². The smallest absolute Gasteiger partial charge is 0.255 e. The molecular weight excluding hydrogens is 202 g/mol. The van der Waals surface area contributed by atoms with Crippen molar-refractivity contribution in [2.24, 2.45) is 5.92 Å². The fourth-order valence-corrected chi connectivity index (χ4v) is 2.42. The summed E-state index contributed by atoms with van der Waals surface area (Å²) in [5.41, 5.74) is 0.696. The van der Waals surface area contributed by atoms with Crippen LogP contribution in [0.1, 0.15) is 49.2 Å². The summed E-state index contributed by atoms with van der Waals surface area (Å²) in [5, 5.41) is 3.09. The van der Waals surface area contributed by atoms with Crippen LogP contribution in [-0.2, 0) is 6.42 Å². The molecule has 0 spiro atoms. The lowest BCUT2D eigenvalue weighted by molar-refractivity contribution is 0.0935. The molecule has 1 aliphatic carbocycles. The number of rotatable bonds is 3. The zero-order valence-electron chi connectivity index (χ0n) is 9.95. The van der Waals surface area contributed by atoms with Gasteiger partial charge in [-0.05, 0) is 31.2 Å². The summed E-state index contributed by atoms with van der Waals surface area (Å²) in [6.07, 6.45) is 5.77. The van der Waals surface area contributed by atoms with E-state index in [0.717, 1.165) is 30.9 Å². The molecule has 0 aliphatic heterocycles. The van der Waals surface area contributed by atoms with Crippen LogP contribution in [-0.4, -0.2) is 11.9 Å². The van der Waals surface area contributed by atoms with Gasteiger partial charge in [-0.2, -0.15) is 0 Å². The lowest BCUT2D eigenvalue weighted by Gasteiger charge is -2.11. The van der Waals surface area contributed by atoms with Gasteiger partial charge < -0.3 is 9.73 Å². The molecule has 0 radical (unpaired) electrons. The highest BCUT2D eigenvalue weighted by molar-refractivity contribution is 5.95. The van der Waals surface area contributed by atoms with E-state index in [2.05, 4.69) is 12.2 Å². The molecule has 1 aliphatic rings. The molecule has 1 aromatic heterocycles. The highest BCUT2D eigenvalue weighted by Gasteiger charge is 2.24. The number of aryl methyl sites for hydroxylation is 1. The van der Waals surface area contributed by atoms with Crippen molar-refractivity contribution in [1.29, 1.82) is 0 Å². The van der Waals surface area contributed by atoms with Crippen LogP contribution in [0.5, 0.6) is 0 Å². The van der Waals surface area contributed by atoms with Gasteiger partial charge in [0.05, 0.1) is 11.8 Å². The first kappa shape index (κ1) is 11.2. The maximum Gasteiger partial charge on any atom is 0.255 e. The molecule has 0 bridgehead atoms. The van der Waals surface area contributed by atoms with Gasteiger partial charge in [0.25, 0.3) is 5.91 Å². The van der Waals surface area contributed by atoms with Crippen LogP contribution < -0.4 is 5.32 Å². The number of amides is 1. The van der Waals surface area contributed by atoms with Crippen LogP contribution >= 0.6 is 0 Å². The summed E-state index contributed by atoms with van der Waals surface area (Å²) in [7, 11) is 0. The standard InChI is InChI=1S/C13H19NO2/c1-3-12-11(6-7-16-12)13(15)14-10-5-4-9(2)8-10/h6-7,9-10H,3-5,8H2,1-2H3,(H,14,15). The van der Waals surface area contributed by atoms with Crippen LogP contribution in [0.25, 0.3) is 0 Å². The highest BCUT2D eigenvalue weighted by Crippen LogP contribution is 2.25. The van der Waals surface area contributed by atoms with Gasteiger partial charge in [-0.15, -0.1) is 0 Å². The SMILES string of the molecule is CCc1occc1C(=O)NC1CCC(C)C1. The first-order valence-corrected chi connectivity index (χ1v) is 6.08. The Labute approximate surface area is 96.2 Å². The van der Waals surface area contributed by atoms with Crippen LogP contribution in [0.15, 0.2) is 16.7 Å². The average Bonchev–Trinajstić information content (AvgIpc) is 2.86. The Morgan fingerprint density at radius 2 is 2.38 bits per heavy atom. The van der Waals surface area contributed by atoms with Gasteiger partial charge in [0.1, 0.15) is 5.76 Å². The molecule has 88 valence electrons. The van der Waals surface area contributed by atoms with Gasteiger partial charge in [-0.25, -0.2) is 0 Å². The Bertz CT molecular complexity index is 370. The predicted octanol–water partition coefficient (Wildman–Crippen LogP) is 2.76. The molecule has 3 heteroatoms. The molecule has 3 nitrogen and oxygen atoms in total. The summed E-state index contributed by atoms with van der Waals surface area (Å²) in [6, 6.07) is 2.11. The molecular formula is C13H19NO2. The molecule has 2 rings (SSSR count). The summed E-state index contributed by atoms with van der Waals surface area (Å²) in [5.74, 6) is 1.54. The molecule has 1 amide bonds. The highest BCUT2D eigenvalue weighted by atomic mass is 16.3. The van der Waals surface area contributed by atoms with E-state index in [1.165, 1.54) is 6.42 Å². The van der Waals surface area contributed by atoms with Crippen molar-refractivity contribution in [3.05, 3.63) is 23.7 Å². The third-order valence-electron chi connectivity index (χ3n) is 3.34. The van der Waals surface area contributed by atoms with E-state index in [-0.39, 0.29) is 5.91 Å². The van der Waals surface area contributed by atoms with Crippen molar-refractivity contribution < 1.29 is 9.21 Å². The Kier molecular flexibility index (Phi) is 3.32. The zero-order chi connectivity index (χ0) is 11.5. The van der Waals surface area contributed by atoms with Crippen LogP contribution in [0, 0.1) is 5.92 Å². The van der Waals surface area contributed by atoms with E-state index in [1.54, 1.807) is 12.3 Å². The molecule has 0 aromatic carbocycles. The number of nitrogens with one attached hydrogen (secondary N) is 1. The number of hydrogen-bond acceptors (Lipinski definition) is 2. The summed E-state index contributed by atoms with van der Waals surface area (Å²) >= 11 is 0. The number of carbonyl (C=O) groups is 1.